The zero-order valence-electron chi connectivity index (χ0n) is 13.7. The maximum atomic E-state index is 11.9. The summed E-state index contributed by atoms with van der Waals surface area (Å²) in [6, 6.07) is 6.90. The fraction of sp³-hybridized carbons (Fsp3) is 0.556. The highest BCUT2D eigenvalue weighted by atomic mass is 16.5. The third-order valence-electron chi connectivity index (χ3n) is 3.61. The van der Waals surface area contributed by atoms with E-state index >= 15 is 0 Å². The number of hydrogen-bond donors (Lipinski definition) is 1. The molecule has 0 saturated heterocycles. The lowest BCUT2D eigenvalue weighted by atomic mass is 10.1. The standard InChI is InChI=1S/C18H27NO3/c1-3-4-5-6-7-8-9-14-17(20)19-16-13-11-10-12-15(16)18(21)22-2/h10-13H,3-9,14H2,1-2H3,(H,19,20). The van der Waals surface area contributed by atoms with Gasteiger partial charge in [0, 0.05) is 6.42 Å². The third kappa shape index (κ3) is 6.74. The van der Waals surface area contributed by atoms with Crippen molar-refractivity contribution in [3.63, 3.8) is 0 Å². The molecule has 0 radical (unpaired) electrons. The maximum Gasteiger partial charge on any atom is 0.339 e. The molecule has 122 valence electrons. The van der Waals surface area contributed by atoms with Crippen molar-refractivity contribution in [3.05, 3.63) is 29.8 Å². The Morgan fingerprint density at radius 1 is 1.00 bits per heavy atom. The number of carbonyl (C=O) groups is 2. The first-order valence-electron chi connectivity index (χ1n) is 8.16. The largest absolute Gasteiger partial charge is 0.465 e. The molecular formula is C18H27NO3. The zero-order chi connectivity index (χ0) is 16.2. The Hall–Kier alpha value is -1.84. The highest BCUT2D eigenvalue weighted by Gasteiger charge is 2.12. The van der Waals surface area contributed by atoms with Crippen molar-refractivity contribution in [1.82, 2.24) is 0 Å². The molecule has 0 fully saturated rings. The molecule has 0 bridgehead atoms. The Labute approximate surface area is 133 Å². The van der Waals surface area contributed by atoms with Gasteiger partial charge in [0.25, 0.3) is 0 Å². The zero-order valence-corrected chi connectivity index (χ0v) is 13.7. The normalized spacial score (nSPS) is 10.3. The molecule has 0 aromatic heterocycles. The fourth-order valence-corrected chi connectivity index (χ4v) is 2.34. The van der Waals surface area contributed by atoms with Gasteiger partial charge in [-0.1, -0.05) is 57.6 Å². The number of benzene rings is 1. The van der Waals surface area contributed by atoms with E-state index in [0.29, 0.717) is 17.7 Å². The quantitative estimate of drug-likeness (QED) is 0.509. The van der Waals surface area contributed by atoms with Crippen LogP contribution in [0.5, 0.6) is 0 Å². The van der Waals surface area contributed by atoms with Gasteiger partial charge in [-0.05, 0) is 18.6 Å². The molecule has 0 saturated carbocycles. The predicted molar refractivity (Wildman–Crippen MR) is 89.0 cm³/mol. The van der Waals surface area contributed by atoms with Crippen molar-refractivity contribution in [3.8, 4) is 0 Å². The number of esters is 1. The average molecular weight is 305 g/mol. The van der Waals surface area contributed by atoms with E-state index in [2.05, 4.69) is 12.2 Å². The van der Waals surface area contributed by atoms with Crippen LogP contribution in [0.1, 0.15) is 68.6 Å². The molecule has 0 unspecified atom stereocenters. The van der Waals surface area contributed by atoms with Gasteiger partial charge >= 0.3 is 5.97 Å². The minimum Gasteiger partial charge on any atom is -0.465 e. The first kappa shape index (κ1) is 18.2. The molecule has 0 aliphatic carbocycles. The first-order chi connectivity index (χ1) is 10.7. The lowest BCUT2D eigenvalue weighted by Crippen LogP contribution is -2.14. The topological polar surface area (TPSA) is 55.4 Å². The van der Waals surface area contributed by atoms with E-state index in [4.69, 9.17) is 4.74 Å². The maximum absolute atomic E-state index is 11.9. The Morgan fingerprint density at radius 3 is 2.32 bits per heavy atom. The summed E-state index contributed by atoms with van der Waals surface area (Å²) in [5.74, 6) is -0.489. The SMILES string of the molecule is CCCCCCCCCC(=O)Nc1ccccc1C(=O)OC. The number of anilines is 1. The average Bonchev–Trinajstić information content (AvgIpc) is 2.54. The lowest BCUT2D eigenvalue weighted by molar-refractivity contribution is -0.116. The number of rotatable bonds is 10. The lowest BCUT2D eigenvalue weighted by Gasteiger charge is -2.09. The van der Waals surface area contributed by atoms with Crippen LogP contribution in [-0.2, 0) is 9.53 Å². The summed E-state index contributed by atoms with van der Waals surface area (Å²) < 4.78 is 4.71. The van der Waals surface area contributed by atoms with Crippen molar-refractivity contribution in [1.29, 1.82) is 0 Å². The summed E-state index contributed by atoms with van der Waals surface area (Å²) in [5, 5.41) is 2.80. The second kappa shape index (κ2) is 10.8. The van der Waals surface area contributed by atoms with Crippen LogP contribution in [-0.4, -0.2) is 19.0 Å². The van der Waals surface area contributed by atoms with E-state index < -0.39 is 5.97 Å². The summed E-state index contributed by atoms with van der Waals surface area (Å²) in [6.07, 6.45) is 8.73. The Kier molecular flexibility index (Phi) is 8.96. The number of unbranched alkanes of at least 4 members (excludes halogenated alkanes) is 6. The van der Waals surface area contributed by atoms with Crippen molar-refractivity contribution < 1.29 is 14.3 Å². The minimum absolute atomic E-state index is 0.0510. The molecule has 0 spiro atoms. The van der Waals surface area contributed by atoms with Crippen LogP contribution >= 0.6 is 0 Å². The van der Waals surface area contributed by atoms with Gasteiger partial charge in [0.15, 0.2) is 0 Å². The number of methoxy groups -OCH3 is 1. The molecule has 0 aliphatic rings. The highest BCUT2D eigenvalue weighted by molar-refractivity contribution is 6.01. The first-order valence-corrected chi connectivity index (χ1v) is 8.16. The Bertz CT molecular complexity index is 471. The molecule has 1 aromatic rings. The summed E-state index contributed by atoms with van der Waals surface area (Å²) in [5.41, 5.74) is 0.903. The van der Waals surface area contributed by atoms with Gasteiger partial charge in [0.05, 0.1) is 18.4 Å². The van der Waals surface area contributed by atoms with E-state index in [1.165, 1.54) is 39.2 Å². The summed E-state index contributed by atoms with van der Waals surface area (Å²) >= 11 is 0. The molecular weight excluding hydrogens is 278 g/mol. The molecule has 4 nitrogen and oxygen atoms in total. The number of amides is 1. The van der Waals surface area contributed by atoms with Crippen LogP contribution in [0.4, 0.5) is 5.69 Å². The van der Waals surface area contributed by atoms with E-state index in [1.54, 1.807) is 24.3 Å². The molecule has 0 aliphatic heterocycles. The van der Waals surface area contributed by atoms with Crippen LogP contribution in [0.15, 0.2) is 24.3 Å². The highest BCUT2D eigenvalue weighted by Crippen LogP contribution is 2.17. The molecule has 1 amide bonds. The number of carbonyl (C=O) groups excluding carboxylic acids is 2. The van der Waals surface area contributed by atoms with Crippen LogP contribution in [0, 0.1) is 0 Å². The van der Waals surface area contributed by atoms with Gasteiger partial charge in [-0.15, -0.1) is 0 Å². The third-order valence-corrected chi connectivity index (χ3v) is 3.61. The van der Waals surface area contributed by atoms with Crippen LogP contribution in [0.2, 0.25) is 0 Å². The molecule has 0 heterocycles. The number of para-hydroxylation sites is 1. The summed E-state index contributed by atoms with van der Waals surface area (Å²) in [4.78, 5) is 23.6. The Balaban J connectivity index is 2.32. The second-order valence-electron chi connectivity index (χ2n) is 5.46. The van der Waals surface area contributed by atoms with Crippen molar-refractivity contribution in [2.45, 2.75) is 58.3 Å². The van der Waals surface area contributed by atoms with E-state index in [9.17, 15) is 9.59 Å². The van der Waals surface area contributed by atoms with Gasteiger partial charge in [0.2, 0.25) is 5.91 Å². The van der Waals surface area contributed by atoms with Crippen LogP contribution in [0.3, 0.4) is 0 Å². The fourth-order valence-electron chi connectivity index (χ4n) is 2.34. The molecule has 22 heavy (non-hydrogen) atoms. The molecule has 1 aromatic carbocycles. The van der Waals surface area contributed by atoms with Crippen molar-refractivity contribution in [2.24, 2.45) is 0 Å². The summed E-state index contributed by atoms with van der Waals surface area (Å²) in [6.45, 7) is 2.20. The summed E-state index contributed by atoms with van der Waals surface area (Å²) in [7, 11) is 1.33. The molecule has 0 atom stereocenters. The van der Waals surface area contributed by atoms with E-state index in [1.807, 2.05) is 0 Å². The smallest absolute Gasteiger partial charge is 0.339 e. The molecule has 4 heteroatoms. The number of hydrogen-bond acceptors (Lipinski definition) is 3. The molecule has 1 N–H and O–H groups in total. The van der Waals surface area contributed by atoms with E-state index in [-0.39, 0.29) is 5.91 Å². The molecule has 1 rings (SSSR count). The van der Waals surface area contributed by atoms with Crippen molar-refractivity contribution >= 4 is 17.6 Å². The van der Waals surface area contributed by atoms with Gasteiger partial charge in [-0.25, -0.2) is 4.79 Å². The van der Waals surface area contributed by atoms with Crippen molar-refractivity contribution in [2.75, 3.05) is 12.4 Å². The second-order valence-corrected chi connectivity index (χ2v) is 5.46. The monoisotopic (exact) mass is 305 g/mol. The van der Waals surface area contributed by atoms with E-state index in [0.717, 1.165) is 12.8 Å². The van der Waals surface area contributed by atoms with Crippen LogP contribution < -0.4 is 5.32 Å². The predicted octanol–water partition coefficient (Wildman–Crippen LogP) is 4.55. The van der Waals surface area contributed by atoms with Gasteiger partial charge in [-0.3, -0.25) is 4.79 Å². The minimum atomic E-state index is -0.438. The Morgan fingerprint density at radius 2 is 1.64 bits per heavy atom. The number of nitrogens with one attached hydrogen (secondary N) is 1. The van der Waals surface area contributed by atoms with Crippen LogP contribution in [0.25, 0.3) is 0 Å². The van der Waals surface area contributed by atoms with Gasteiger partial charge < -0.3 is 10.1 Å². The number of ether oxygens (including phenoxy) is 1. The van der Waals surface area contributed by atoms with Gasteiger partial charge in [0.1, 0.15) is 0 Å². The van der Waals surface area contributed by atoms with Gasteiger partial charge in [-0.2, -0.15) is 0 Å².